The first kappa shape index (κ1) is 20.9. The van der Waals surface area contributed by atoms with Gasteiger partial charge in [0, 0.05) is 19.6 Å². The Hall–Kier alpha value is -0.120. The first-order valence-corrected chi connectivity index (χ1v) is 9.26. The van der Waals surface area contributed by atoms with Crippen LogP contribution in [0.15, 0.2) is 0 Å². The van der Waals surface area contributed by atoms with Crippen LogP contribution in [0.3, 0.4) is 0 Å². The molecule has 1 rings (SSSR count). The number of methoxy groups -OCH3 is 2. The van der Waals surface area contributed by atoms with E-state index in [1.54, 1.807) is 14.2 Å². The summed E-state index contributed by atoms with van der Waals surface area (Å²) in [6.07, 6.45) is 4.14. The predicted octanol–water partition coefficient (Wildman–Crippen LogP) is 4.79. The zero-order valence-corrected chi connectivity index (χ0v) is 16.8. The van der Waals surface area contributed by atoms with E-state index in [-0.39, 0.29) is 10.8 Å². The normalized spacial score (nSPS) is 26.7. The van der Waals surface area contributed by atoms with Gasteiger partial charge in [-0.25, -0.2) is 0 Å². The molecule has 0 heterocycles. The van der Waals surface area contributed by atoms with Crippen molar-refractivity contribution in [1.29, 1.82) is 0 Å². The SMILES string of the molecule is COCC(COC)(COC1CCC(C)CC1C(C)C)C(C)(C)C. The fourth-order valence-electron chi connectivity index (χ4n) is 3.90. The van der Waals surface area contributed by atoms with Crippen molar-refractivity contribution < 1.29 is 14.2 Å². The molecule has 1 aliphatic rings. The van der Waals surface area contributed by atoms with E-state index in [1.807, 2.05) is 0 Å². The van der Waals surface area contributed by atoms with Gasteiger partial charge in [0.05, 0.1) is 25.9 Å². The molecule has 0 aromatic carbocycles. The molecule has 3 atom stereocenters. The molecule has 1 fully saturated rings. The highest BCUT2D eigenvalue weighted by molar-refractivity contribution is 4.92. The van der Waals surface area contributed by atoms with Crippen LogP contribution in [0.2, 0.25) is 0 Å². The van der Waals surface area contributed by atoms with Gasteiger partial charge in [0.25, 0.3) is 0 Å². The lowest BCUT2D eigenvalue weighted by molar-refractivity contribution is -0.142. The maximum absolute atomic E-state index is 6.54. The topological polar surface area (TPSA) is 27.7 Å². The van der Waals surface area contributed by atoms with E-state index in [0.29, 0.717) is 37.8 Å². The lowest BCUT2D eigenvalue weighted by Gasteiger charge is -2.46. The maximum Gasteiger partial charge on any atom is 0.0606 e. The Morgan fingerprint density at radius 3 is 1.96 bits per heavy atom. The Kier molecular flexibility index (Phi) is 8.03. The van der Waals surface area contributed by atoms with Crippen molar-refractivity contribution in [2.24, 2.45) is 28.6 Å². The molecule has 0 aromatic rings. The minimum atomic E-state index is -0.110. The van der Waals surface area contributed by atoms with Crippen molar-refractivity contribution in [2.45, 2.75) is 66.9 Å². The zero-order valence-electron chi connectivity index (χ0n) is 16.8. The average Bonchev–Trinajstić information content (AvgIpc) is 2.44. The maximum atomic E-state index is 6.54. The summed E-state index contributed by atoms with van der Waals surface area (Å²) in [5.41, 5.74) is -0.0462. The summed E-state index contributed by atoms with van der Waals surface area (Å²) in [6.45, 7) is 15.9. The summed E-state index contributed by atoms with van der Waals surface area (Å²) in [7, 11) is 3.55. The smallest absolute Gasteiger partial charge is 0.0606 e. The van der Waals surface area contributed by atoms with Crippen molar-refractivity contribution in [3.05, 3.63) is 0 Å². The molecule has 23 heavy (non-hydrogen) atoms. The molecule has 3 unspecified atom stereocenters. The van der Waals surface area contributed by atoms with Gasteiger partial charge in [-0.15, -0.1) is 0 Å². The number of rotatable bonds is 8. The van der Waals surface area contributed by atoms with Crippen LogP contribution in [0.5, 0.6) is 0 Å². The summed E-state index contributed by atoms with van der Waals surface area (Å²) in [4.78, 5) is 0. The van der Waals surface area contributed by atoms with E-state index in [9.17, 15) is 0 Å². The van der Waals surface area contributed by atoms with Gasteiger partial charge in [0.2, 0.25) is 0 Å². The lowest BCUT2D eigenvalue weighted by atomic mass is 9.67. The molecular weight excluding hydrogens is 288 g/mol. The molecule has 0 amide bonds. The molecule has 0 aliphatic heterocycles. The number of hydrogen-bond donors (Lipinski definition) is 0. The summed E-state index contributed by atoms with van der Waals surface area (Å²) in [5, 5.41) is 0. The van der Waals surface area contributed by atoms with Gasteiger partial charge < -0.3 is 14.2 Å². The number of hydrogen-bond acceptors (Lipinski definition) is 3. The van der Waals surface area contributed by atoms with Gasteiger partial charge in [0.15, 0.2) is 0 Å². The lowest BCUT2D eigenvalue weighted by Crippen LogP contribution is -2.49. The third kappa shape index (κ3) is 5.44. The standard InChI is InChI=1S/C20H40O3/c1-15(2)17-11-16(3)9-10-18(17)23-14-20(12-21-7,13-22-8)19(4,5)6/h15-18H,9-14H2,1-8H3. The Morgan fingerprint density at radius 1 is 0.957 bits per heavy atom. The molecule has 3 nitrogen and oxygen atoms in total. The van der Waals surface area contributed by atoms with Crippen molar-refractivity contribution in [1.82, 2.24) is 0 Å². The Bertz CT molecular complexity index is 326. The Labute approximate surface area is 144 Å². The second-order valence-electron chi connectivity index (χ2n) is 9.07. The van der Waals surface area contributed by atoms with E-state index in [0.717, 1.165) is 5.92 Å². The molecule has 0 N–H and O–H groups in total. The van der Waals surface area contributed by atoms with Gasteiger partial charge in [-0.3, -0.25) is 0 Å². The fourth-order valence-corrected chi connectivity index (χ4v) is 3.90. The van der Waals surface area contributed by atoms with Gasteiger partial charge in [-0.05, 0) is 42.4 Å². The minimum absolute atomic E-state index is 0.0638. The summed E-state index contributed by atoms with van der Waals surface area (Å²) < 4.78 is 17.7. The first-order chi connectivity index (χ1) is 10.7. The van der Waals surface area contributed by atoms with E-state index < -0.39 is 0 Å². The zero-order chi connectivity index (χ0) is 17.7. The van der Waals surface area contributed by atoms with Gasteiger partial charge >= 0.3 is 0 Å². The van der Waals surface area contributed by atoms with Crippen LogP contribution in [0.1, 0.15) is 60.8 Å². The largest absolute Gasteiger partial charge is 0.384 e. The van der Waals surface area contributed by atoms with Crippen LogP contribution in [-0.2, 0) is 14.2 Å². The van der Waals surface area contributed by atoms with Crippen LogP contribution in [0.25, 0.3) is 0 Å². The molecule has 1 saturated carbocycles. The van der Waals surface area contributed by atoms with Crippen LogP contribution in [0.4, 0.5) is 0 Å². The second kappa shape index (κ2) is 8.82. The van der Waals surface area contributed by atoms with E-state index >= 15 is 0 Å². The molecule has 138 valence electrons. The molecule has 0 aromatic heterocycles. The fraction of sp³-hybridized carbons (Fsp3) is 1.00. The van der Waals surface area contributed by atoms with Crippen molar-refractivity contribution in [3.63, 3.8) is 0 Å². The Morgan fingerprint density at radius 2 is 1.52 bits per heavy atom. The molecule has 3 heteroatoms. The summed E-state index contributed by atoms with van der Waals surface area (Å²) in [6, 6.07) is 0. The highest BCUT2D eigenvalue weighted by Gasteiger charge is 2.44. The number of ether oxygens (including phenoxy) is 3. The van der Waals surface area contributed by atoms with E-state index in [1.165, 1.54) is 19.3 Å². The summed E-state index contributed by atoms with van der Waals surface area (Å²) in [5.74, 6) is 2.17. The van der Waals surface area contributed by atoms with Crippen molar-refractivity contribution in [3.8, 4) is 0 Å². The molecule has 0 radical (unpaired) electrons. The van der Waals surface area contributed by atoms with Crippen molar-refractivity contribution in [2.75, 3.05) is 34.0 Å². The monoisotopic (exact) mass is 328 g/mol. The molecule has 0 bridgehead atoms. The van der Waals surface area contributed by atoms with Gasteiger partial charge in [-0.2, -0.15) is 0 Å². The Balaban J connectivity index is 2.83. The summed E-state index contributed by atoms with van der Waals surface area (Å²) >= 11 is 0. The van der Waals surface area contributed by atoms with Crippen LogP contribution >= 0.6 is 0 Å². The van der Waals surface area contributed by atoms with E-state index in [4.69, 9.17) is 14.2 Å². The van der Waals surface area contributed by atoms with E-state index in [2.05, 4.69) is 41.5 Å². The molecular formula is C20H40O3. The van der Waals surface area contributed by atoms with Gasteiger partial charge in [-0.1, -0.05) is 41.5 Å². The average molecular weight is 329 g/mol. The molecule has 0 saturated heterocycles. The quantitative estimate of drug-likeness (QED) is 0.641. The molecule has 1 aliphatic carbocycles. The molecule has 0 spiro atoms. The third-order valence-corrected chi connectivity index (χ3v) is 5.96. The van der Waals surface area contributed by atoms with Crippen molar-refractivity contribution >= 4 is 0 Å². The second-order valence-corrected chi connectivity index (χ2v) is 9.07. The van der Waals surface area contributed by atoms with Crippen LogP contribution in [0, 0.1) is 28.6 Å². The van der Waals surface area contributed by atoms with Crippen LogP contribution in [-0.4, -0.2) is 40.1 Å². The van der Waals surface area contributed by atoms with Crippen LogP contribution < -0.4 is 0 Å². The first-order valence-electron chi connectivity index (χ1n) is 9.26. The third-order valence-electron chi connectivity index (χ3n) is 5.96. The highest BCUT2D eigenvalue weighted by Crippen LogP contribution is 2.42. The highest BCUT2D eigenvalue weighted by atomic mass is 16.5. The van der Waals surface area contributed by atoms with Gasteiger partial charge in [0.1, 0.15) is 0 Å². The minimum Gasteiger partial charge on any atom is -0.384 e. The predicted molar refractivity (Wildman–Crippen MR) is 96.7 cm³/mol.